The van der Waals surface area contributed by atoms with E-state index < -0.39 is 5.97 Å². The van der Waals surface area contributed by atoms with Crippen LogP contribution in [0.15, 0.2) is 36.7 Å². The zero-order valence-corrected chi connectivity index (χ0v) is 14.9. The Labute approximate surface area is 156 Å². The average Bonchev–Trinajstić information content (AvgIpc) is 3.35. The van der Waals surface area contributed by atoms with Gasteiger partial charge in [-0.25, -0.2) is 4.98 Å². The Morgan fingerprint density at radius 3 is 3.04 bits per heavy atom. The van der Waals surface area contributed by atoms with Gasteiger partial charge in [0.1, 0.15) is 18.2 Å². The van der Waals surface area contributed by atoms with E-state index in [0.29, 0.717) is 6.61 Å². The topological polar surface area (TPSA) is 80.1 Å². The predicted molar refractivity (Wildman–Crippen MR) is 99.4 cm³/mol. The van der Waals surface area contributed by atoms with Crippen molar-refractivity contribution >= 4 is 5.97 Å². The first kappa shape index (κ1) is 16.2. The molecule has 5 rings (SSSR count). The van der Waals surface area contributed by atoms with Crippen molar-refractivity contribution in [3.05, 3.63) is 65.0 Å². The van der Waals surface area contributed by atoms with Crippen LogP contribution in [0, 0.1) is 0 Å². The predicted octanol–water partition coefficient (Wildman–Crippen LogP) is 3.58. The summed E-state index contributed by atoms with van der Waals surface area (Å²) in [6.45, 7) is 0.501. The minimum atomic E-state index is -0.821. The molecule has 2 aliphatic rings. The monoisotopic (exact) mass is 363 g/mol. The Hall–Kier alpha value is -3.02. The second-order valence-electron chi connectivity index (χ2n) is 7.32. The molecule has 6 heteroatoms. The molecule has 27 heavy (non-hydrogen) atoms. The summed E-state index contributed by atoms with van der Waals surface area (Å²) < 4.78 is 7.98. The number of carboxylic acid groups (broad SMARTS) is 1. The zero-order valence-electron chi connectivity index (χ0n) is 14.9. The standard InChI is InChI=1S/C21H21N3O3/c25-20(26)11-17-16-6-5-15(10-19(16)24-8-7-22-21(17)24)27-12-14-9-13-3-1-2-4-18(13)23-14/h5-10,17,23H,1-4,11-12H2,(H,25,26). The molecule has 0 saturated heterocycles. The van der Waals surface area contributed by atoms with E-state index in [0.717, 1.165) is 41.4 Å². The highest BCUT2D eigenvalue weighted by molar-refractivity contribution is 5.70. The lowest BCUT2D eigenvalue weighted by atomic mass is 9.96. The summed E-state index contributed by atoms with van der Waals surface area (Å²) in [6.07, 6.45) is 8.42. The van der Waals surface area contributed by atoms with Gasteiger partial charge in [-0.15, -0.1) is 0 Å². The number of aryl methyl sites for hydroxylation is 2. The molecule has 1 atom stereocenters. The highest BCUT2D eigenvalue weighted by atomic mass is 16.5. The van der Waals surface area contributed by atoms with Gasteiger partial charge in [-0.3, -0.25) is 4.79 Å². The largest absolute Gasteiger partial charge is 0.487 e. The molecule has 3 heterocycles. The number of carbonyl (C=O) groups is 1. The summed E-state index contributed by atoms with van der Waals surface area (Å²) in [5, 5.41) is 9.23. The van der Waals surface area contributed by atoms with Gasteiger partial charge in [-0.1, -0.05) is 6.07 Å². The second-order valence-corrected chi connectivity index (χ2v) is 7.32. The average molecular weight is 363 g/mol. The van der Waals surface area contributed by atoms with Crippen molar-refractivity contribution in [2.45, 2.75) is 44.6 Å². The van der Waals surface area contributed by atoms with Crippen molar-refractivity contribution in [2.24, 2.45) is 0 Å². The Morgan fingerprint density at radius 1 is 1.30 bits per heavy atom. The fourth-order valence-electron chi connectivity index (χ4n) is 4.32. The molecule has 1 aliphatic carbocycles. The molecular formula is C21H21N3O3. The van der Waals surface area contributed by atoms with Crippen LogP contribution in [0.5, 0.6) is 5.75 Å². The van der Waals surface area contributed by atoms with E-state index in [9.17, 15) is 9.90 Å². The van der Waals surface area contributed by atoms with E-state index in [1.54, 1.807) is 6.20 Å². The molecule has 2 N–H and O–H groups in total. The molecule has 0 spiro atoms. The number of nitrogens with zero attached hydrogens (tertiary/aromatic N) is 2. The highest BCUT2D eigenvalue weighted by Gasteiger charge is 2.32. The number of aliphatic carboxylic acids is 1. The Kier molecular flexibility index (Phi) is 3.77. The van der Waals surface area contributed by atoms with Crippen molar-refractivity contribution in [1.29, 1.82) is 0 Å². The summed E-state index contributed by atoms with van der Waals surface area (Å²) in [5.41, 5.74) is 5.83. The quantitative estimate of drug-likeness (QED) is 0.726. The molecule has 0 bridgehead atoms. The zero-order chi connectivity index (χ0) is 18.4. The first-order valence-corrected chi connectivity index (χ1v) is 9.41. The number of aromatic nitrogens is 3. The minimum absolute atomic E-state index is 0.0399. The summed E-state index contributed by atoms with van der Waals surface area (Å²) in [6, 6.07) is 8.08. The number of aromatic amines is 1. The van der Waals surface area contributed by atoms with Gasteiger partial charge in [0.2, 0.25) is 0 Å². The number of H-pyrrole nitrogens is 1. The van der Waals surface area contributed by atoms with Crippen molar-refractivity contribution in [1.82, 2.24) is 14.5 Å². The molecule has 0 saturated carbocycles. The van der Waals surface area contributed by atoms with Crippen LogP contribution in [-0.2, 0) is 24.2 Å². The van der Waals surface area contributed by atoms with Crippen LogP contribution < -0.4 is 4.74 Å². The van der Waals surface area contributed by atoms with Crippen molar-refractivity contribution in [3.63, 3.8) is 0 Å². The summed E-state index contributed by atoms with van der Waals surface area (Å²) in [7, 11) is 0. The van der Waals surface area contributed by atoms with Gasteiger partial charge >= 0.3 is 5.97 Å². The van der Waals surface area contributed by atoms with Crippen LogP contribution in [-0.4, -0.2) is 25.6 Å². The van der Waals surface area contributed by atoms with E-state index in [1.165, 1.54) is 24.1 Å². The van der Waals surface area contributed by atoms with Crippen LogP contribution in [0.1, 0.15) is 53.5 Å². The molecule has 138 valence electrons. The lowest BCUT2D eigenvalue weighted by Gasteiger charge is -2.10. The van der Waals surface area contributed by atoms with Gasteiger partial charge in [-0.2, -0.15) is 0 Å². The van der Waals surface area contributed by atoms with Gasteiger partial charge in [0.05, 0.1) is 23.7 Å². The fraction of sp³-hybridized carbons (Fsp3) is 0.333. The maximum absolute atomic E-state index is 11.2. The van der Waals surface area contributed by atoms with Crippen molar-refractivity contribution in [3.8, 4) is 11.4 Å². The van der Waals surface area contributed by atoms with E-state index in [4.69, 9.17) is 4.74 Å². The number of benzene rings is 1. The Balaban J connectivity index is 1.38. The SMILES string of the molecule is O=C(O)CC1c2ccc(OCc3cc4c([nH]3)CCCC4)cc2-n2ccnc21. The fourth-order valence-corrected chi connectivity index (χ4v) is 4.32. The molecular weight excluding hydrogens is 342 g/mol. The third-order valence-corrected chi connectivity index (χ3v) is 5.56. The molecule has 6 nitrogen and oxygen atoms in total. The summed E-state index contributed by atoms with van der Waals surface area (Å²) in [4.78, 5) is 19.1. The maximum Gasteiger partial charge on any atom is 0.304 e. The smallest absolute Gasteiger partial charge is 0.304 e. The van der Waals surface area contributed by atoms with Gasteiger partial charge < -0.3 is 19.4 Å². The van der Waals surface area contributed by atoms with Crippen molar-refractivity contribution in [2.75, 3.05) is 0 Å². The maximum atomic E-state index is 11.2. The number of nitrogens with one attached hydrogen (secondary N) is 1. The third kappa shape index (κ3) is 2.81. The van der Waals surface area contributed by atoms with Crippen LogP contribution >= 0.6 is 0 Å². The van der Waals surface area contributed by atoms with Gasteiger partial charge in [-0.05, 0) is 48.9 Å². The first-order chi connectivity index (χ1) is 13.2. The van der Waals surface area contributed by atoms with Crippen LogP contribution in [0.25, 0.3) is 5.69 Å². The molecule has 0 radical (unpaired) electrons. The molecule has 1 aliphatic heterocycles. The molecule has 0 amide bonds. The van der Waals surface area contributed by atoms with Crippen molar-refractivity contribution < 1.29 is 14.6 Å². The van der Waals surface area contributed by atoms with Crippen LogP contribution in [0.2, 0.25) is 0 Å². The first-order valence-electron chi connectivity index (χ1n) is 9.41. The van der Waals surface area contributed by atoms with E-state index >= 15 is 0 Å². The number of carboxylic acids is 1. The number of hydrogen-bond acceptors (Lipinski definition) is 3. The normalized spacial score (nSPS) is 17.3. The molecule has 2 aromatic heterocycles. The number of fused-ring (bicyclic) bond motifs is 4. The minimum Gasteiger partial charge on any atom is -0.487 e. The van der Waals surface area contributed by atoms with Gasteiger partial charge in [0.15, 0.2) is 0 Å². The van der Waals surface area contributed by atoms with Gasteiger partial charge in [0, 0.05) is 24.2 Å². The van der Waals surface area contributed by atoms with E-state index in [2.05, 4.69) is 16.0 Å². The second kappa shape index (κ2) is 6.30. The number of rotatable bonds is 5. The lowest BCUT2D eigenvalue weighted by molar-refractivity contribution is -0.137. The summed E-state index contributed by atoms with van der Waals surface area (Å²) in [5.74, 6) is 0.522. The molecule has 1 aromatic carbocycles. The van der Waals surface area contributed by atoms with E-state index in [-0.39, 0.29) is 12.3 Å². The Morgan fingerprint density at radius 2 is 2.19 bits per heavy atom. The van der Waals surface area contributed by atoms with E-state index in [1.807, 2.05) is 29.0 Å². The number of imidazole rings is 1. The number of ether oxygens (including phenoxy) is 1. The molecule has 1 unspecified atom stereocenters. The summed E-state index contributed by atoms with van der Waals surface area (Å²) >= 11 is 0. The molecule has 0 fully saturated rings. The van der Waals surface area contributed by atoms with Crippen LogP contribution in [0.4, 0.5) is 0 Å². The van der Waals surface area contributed by atoms with Crippen LogP contribution in [0.3, 0.4) is 0 Å². The number of hydrogen-bond donors (Lipinski definition) is 2. The Bertz CT molecular complexity index is 994. The molecule has 3 aromatic rings. The highest BCUT2D eigenvalue weighted by Crippen LogP contribution is 2.40. The lowest BCUT2D eigenvalue weighted by Crippen LogP contribution is -2.06. The van der Waals surface area contributed by atoms with Gasteiger partial charge in [0.25, 0.3) is 0 Å². The third-order valence-electron chi connectivity index (χ3n) is 5.56.